The first-order valence-electron chi connectivity index (χ1n) is 8.68. The van der Waals surface area contributed by atoms with Gasteiger partial charge in [0.25, 0.3) is 5.91 Å². The fraction of sp³-hybridized carbons (Fsp3) is 0.238. The minimum absolute atomic E-state index is 0.0742. The third-order valence-corrected chi connectivity index (χ3v) is 4.88. The summed E-state index contributed by atoms with van der Waals surface area (Å²) in [5, 5.41) is 5.16. The molecule has 6 nitrogen and oxygen atoms in total. The molecule has 1 aromatic heterocycles. The van der Waals surface area contributed by atoms with Crippen LogP contribution >= 0.6 is 11.3 Å². The van der Waals surface area contributed by atoms with Crippen LogP contribution in [0, 0.1) is 13.8 Å². The van der Waals surface area contributed by atoms with E-state index in [0.29, 0.717) is 22.4 Å². The molecule has 0 aliphatic rings. The Balaban J connectivity index is 1.63. The molecule has 146 valence electrons. The first kappa shape index (κ1) is 19.7. The molecule has 0 spiro atoms. The zero-order valence-electron chi connectivity index (χ0n) is 16.2. The van der Waals surface area contributed by atoms with Crippen molar-refractivity contribution in [3.05, 3.63) is 52.9 Å². The zero-order valence-corrected chi connectivity index (χ0v) is 17.1. The van der Waals surface area contributed by atoms with Crippen molar-refractivity contribution in [2.75, 3.05) is 26.1 Å². The Morgan fingerprint density at radius 2 is 1.79 bits per heavy atom. The van der Waals surface area contributed by atoms with E-state index in [0.717, 1.165) is 22.4 Å². The molecule has 0 unspecified atom stereocenters. The van der Waals surface area contributed by atoms with Gasteiger partial charge in [0, 0.05) is 10.9 Å². The van der Waals surface area contributed by atoms with Crippen LogP contribution in [0.1, 0.15) is 11.1 Å². The molecule has 0 aliphatic heterocycles. The van der Waals surface area contributed by atoms with Gasteiger partial charge in [-0.25, -0.2) is 4.98 Å². The van der Waals surface area contributed by atoms with Crippen LogP contribution in [0.3, 0.4) is 0 Å². The fourth-order valence-electron chi connectivity index (χ4n) is 2.72. The van der Waals surface area contributed by atoms with Gasteiger partial charge >= 0.3 is 0 Å². The van der Waals surface area contributed by atoms with Gasteiger partial charge in [-0.1, -0.05) is 17.7 Å². The smallest absolute Gasteiger partial charge is 0.264 e. The number of carbonyl (C=O) groups is 1. The quantitative estimate of drug-likeness (QED) is 0.636. The lowest BCUT2D eigenvalue weighted by atomic mass is 10.1. The zero-order chi connectivity index (χ0) is 20.1. The van der Waals surface area contributed by atoms with Crippen molar-refractivity contribution >= 4 is 22.4 Å². The average Bonchev–Trinajstić information content (AvgIpc) is 3.15. The number of ether oxygens (including phenoxy) is 3. The van der Waals surface area contributed by atoms with Crippen molar-refractivity contribution in [1.82, 2.24) is 4.98 Å². The van der Waals surface area contributed by atoms with E-state index in [9.17, 15) is 4.79 Å². The van der Waals surface area contributed by atoms with Crippen molar-refractivity contribution in [2.24, 2.45) is 0 Å². The molecule has 28 heavy (non-hydrogen) atoms. The third-order valence-electron chi connectivity index (χ3n) is 4.12. The summed E-state index contributed by atoms with van der Waals surface area (Å²) >= 11 is 1.35. The Bertz CT molecular complexity index is 984. The van der Waals surface area contributed by atoms with E-state index in [1.54, 1.807) is 14.2 Å². The molecule has 0 fully saturated rings. The predicted molar refractivity (Wildman–Crippen MR) is 111 cm³/mol. The lowest BCUT2D eigenvalue weighted by Gasteiger charge is -2.09. The Kier molecular flexibility index (Phi) is 6.16. The molecule has 0 saturated carbocycles. The Hall–Kier alpha value is -3.06. The van der Waals surface area contributed by atoms with Crippen LogP contribution in [0.15, 0.2) is 41.8 Å². The van der Waals surface area contributed by atoms with Crippen molar-refractivity contribution < 1.29 is 19.0 Å². The molecular weight excluding hydrogens is 376 g/mol. The second-order valence-electron chi connectivity index (χ2n) is 6.21. The third kappa shape index (κ3) is 4.61. The van der Waals surface area contributed by atoms with Gasteiger partial charge in [0.15, 0.2) is 23.2 Å². The highest BCUT2D eigenvalue weighted by Gasteiger charge is 2.12. The molecule has 0 atom stereocenters. The first-order valence-corrected chi connectivity index (χ1v) is 9.56. The molecule has 7 heteroatoms. The van der Waals surface area contributed by atoms with E-state index < -0.39 is 0 Å². The van der Waals surface area contributed by atoms with Crippen LogP contribution in [0.4, 0.5) is 5.13 Å². The number of nitrogens with one attached hydrogen (secondary N) is 1. The maximum atomic E-state index is 12.2. The van der Waals surface area contributed by atoms with Gasteiger partial charge in [0.2, 0.25) is 0 Å². The number of thiazole rings is 1. The fourth-order valence-corrected chi connectivity index (χ4v) is 3.46. The lowest BCUT2D eigenvalue weighted by Crippen LogP contribution is -2.20. The second kappa shape index (κ2) is 8.75. The van der Waals surface area contributed by atoms with Crippen LogP contribution in [0.2, 0.25) is 0 Å². The van der Waals surface area contributed by atoms with E-state index in [4.69, 9.17) is 14.2 Å². The van der Waals surface area contributed by atoms with E-state index in [-0.39, 0.29) is 12.5 Å². The number of aromatic nitrogens is 1. The van der Waals surface area contributed by atoms with Gasteiger partial charge in [0.1, 0.15) is 5.75 Å². The van der Waals surface area contributed by atoms with E-state index in [1.165, 1.54) is 11.3 Å². The summed E-state index contributed by atoms with van der Waals surface area (Å²) in [4.78, 5) is 16.7. The second-order valence-corrected chi connectivity index (χ2v) is 7.07. The maximum Gasteiger partial charge on any atom is 0.264 e. The number of methoxy groups -OCH3 is 2. The predicted octanol–water partition coefficient (Wildman–Crippen LogP) is 4.46. The largest absolute Gasteiger partial charge is 0.493 e. The number of nitrogens with zero attached hydrogens (tertiary/aromatic N) is 1. The molecule has 3 rings (SSSR count). The first-order chi connectivity index (χ1) is 13.5. The minimum Gasteiger partial charge on any atom is -0.493 e. The molecule has 1 heterocycles. The van der Waals surface area contributed by atoms with Crippen LogP contribution in [0.25, 0.3) is 11.3 Å². The van der Waals surface area contributed by atoms with E-state index in [2.05, 4.69) is 10.3 Å². The highest BCUT2D eigenvalue weighted by Crippen LogP contribution is 2.33. The minimum atomic E-state index is -0.256. The SMILES string of the molecule is COc1ccc(-c2csc(NC(=O)COc3ccc(C)cc3C)n2)cc1OC. The summed E-state index contributed by atoms with van der Waals surface area (Å²) < 4.78 is 16.2. The molecule has 0 bridgehead atoms. The van der Waals surface area contributed by atoms with Gasteiger partial charge in [-0.3, -0.25) is 10.1 Å². The summed E-state index contributed by atoms with van der Waals surface area (Å²) in [6, 6.07) is 11.4. The number of anilines is 1. The summed E-state index contributed by atoms with van der Waals surface area (Å²) in [5.74, 6) is 1.72. The molecule has 0 saturated heterocycles. The Morgan fingerprint density at radius 1 is 1.04 bits per heavy atom. The number of hydrogen-bond donors (Lipinski definition) is 1. The van der Waals surface area contributed by atoms with Crippen molar-refractivity contribution in [1.29, 1.82) is 0 Å². The van der Waals surface area contributed by atoms with Crippen LogP contribution in [-0.4, -0.2) is 31.7 Å². The average molecular weight is 398 g/mol. The summed E-state index contributed by atoms with van der Waals surface area (Å²) in [5.41, 5.74) is 3.77. The number of carbonyl (C=O) groups excluding carboxylic acids is 1. The summed E-state index contributed by atoms with van der Waals surface area (Å²) in [7, 11) is 3.18. The van der Waals surface area contributed by atoms with E-state index in [1.807, 2.05) is 55.6 Å². The van der Waals surface area contributed by atoms with Crippen molar-refractivity contribution in [3.63, 3.8) is 0 Å². The molecular formula is C21H22N2O4S. The molecule has 0 aliphatic carbocycles. The van der Waals surface area contributed by atoms with E-state index >= 15 is 0 Å². The van der Waals surface area contributed by atoms with Gasteiger partial charge in [-0.2, -0.15) is 0 Å². The van der Waals surface area contributed by atoms with Crippen LogP contribution in [0.5, 0.6) is 17.2 Å². The van der Waals surface area contributed by atoms with Gasteiger partial charge < -0.3 is 14.2 Å². The highest BCUT2D eigenvalue weighted by molar-refractivity contribution is 7.14. The highest BCUT2D eigenvalue weighted by atomic mass is 32.1. The Morgan fingerprint density at radius 3 is 2.50 bits per heavy atom. The van der Waals surface area contributed by atoms with Crippen LogP contribution < -0.4 is 19.5 Å². The number of aryl methyl sites for hydroxylation is 2. The molecule has 1 amide bonds. The number of amides is 1. The monoisotopic (exact) mass is 398 g/mol. The van der Waals surface area contributed by atoms with Crippen LogP contribution in [-0.2, 0) is 4.79 Å². The Labute approximate surface area is 168 Å². The molecule has 3 aromatic rings. The lowest BCUT2D eigenvalue weighted by molar-refractivity contribution is -0.118. The van der Waals surface area contributed by atoms with Crippen molar-refractivity contribution in [3.8, 4) is 28.5 Å². The number of rotatable bonds is 7. The van der Waals surface area contributed by atoms with Gasteiger partial charge in [-0.05, 0) is 43.7 Å². The van der Waals surface area contributed by atoms with Gasteiger partial charge in [0.05, 0.1) is 19.9 Å². The maximum absolute atomic E-state index is 12.2. The molecule has 1 N–H and O–H groups in total. The number of hydrogen-bond acceptors (Lipinski definition) is 6. The summed E-state index contributed by atoms with van der Waals surface area (Å²) in [6.45, 7) is 3.90. The summed E-state index contributed by atoms with van der Waals surface area (Å²) in [6.07, 6.45) is 0. The number of benzene rings is 2. The standard InChI is InChI=1S/C21H22N2O4S/c1-13-5-7-17(14(2)9-13)27-11-20(24)23-21-22-16(12-28-21)15-6-8-18(25-3)19(10-15)26-4/h5-10,12H,11H2,1-4H3,(H,22,23,24). The molecule has 2 aromatic carbocycles. The topological polar surface area (TPSA) is 69.7 Å². The molecule has 0 radical (unpaired) electrons. The van der Waals surface area contributed by atoms with Crippen molar-refractivity contribution in [2.45, 2.75) is 13.8 Å². The van der Waals surface area contributed by atoms with Gasteiger partial charge in [-0.15, -0.1) is 11.3 Å². The normalized spacial score (nSPS) is 10.4.